The van der Waals surface area contributed by atoms with Crippen molar-refractivity contribution in [2.24, 2.45) is 0 Å². The number of halogens is 1. The smallest absolute Gasteiger partial charge is 0.123 e. The lowest BCUT2D eigenvalue weighted by atomic mass is 10.1. The highest BCUT2D eigenvalue weighted by atomic mass is 19.1. The Balaban J connectivity index is 0.000000742. The van der Waals surface area contributed by atoms with Crippen LogP contribution in [0.2, 0.25) is 0 Å². The number of aromatic amines is 1. The first kappa shape index (κ1) is 14.4. The topological polar surface area (TPSA) is 28.7 Å². The summed E-state index contributed by atoms with van der Waals surface area (Å²) in [5, 5.41) is 7.16. The zero-order valence-electron chi connectivity index (χ0n) is 11.5. The van der Waals surface area contributed by atoms with Gasteiger partial charge in [-0.1, -0.05) is 34.1 Å². The molecule has 0 aliphatic rings. The first-order valence-corrected chi connectivity index (χ1v) is 6.39. The maximum absolute atomic E-state index is 12.7. The molecule has 2 rings (SSSR count). The van der Waals surface area contributed by atoms with Crippen molar-refractivity contribution in [2.75, 3.05) is 0 Å². The van der Waals surface area contributed by atoms with Gasteiger partial charge in [0.05, 0.1) is 5.69 Å². The van der Waals surface area contributed by atoms with Crippen LogP contribution in [0.25, 0.3) is 11.3 Å². The molecule has 0 aliphatic carbocycles. The Morgan fingerprint density at radius 1 is 1.22 bits per heavy atom. The van der Waals surface area contributed by atoms with Crippen LogP contribution >= 0.6 is 0 Å². The molecule has 0 bridgehead atoms. The van der Waals surface area contributed by atoms with Crippen molar-refractivity contribution in [3.63, 3.8) is 0 Å². The molecule has 100 valence electrons. The van der Waals surface area contributed by atoms with Crippen LogP contribution in [0.15, 0.2) is 30.3 Å². The number of benzene rings is 1. The van der Waals surface area contributed by atoms with Crippen molar-refractivity contribution in [3.05, 3.63) is 41.8 Å². The minimum Gasteiger partial charge on any atom is -0.282 e. The highest BCUT2D eigenvalue weighted by molar-refractivity contribution is 5.59. The normalized spacial score (nSPS) is 10.1. The average molecular weight is 250 g/mol. The Kier molecular flexibility index (Phi) is 5.56. The molecule has 0 spiro atoms. The second-order valence-corrected chi connectivity index (χ2v) is 4.58. The van der Waals surface area contributed by atoms with Crippen LogP contribution in [0.4, 0.5) is 4.39 Å². The van der Waals surface area contributed by atoms with E-state index in [4.69, 9.17) is 0 Å². The molecule has 0 saturated carbocycles. The second kappa shape index (κ2) is 6.94. The molecule has 0 radical (unpaired) electrons. The largest absolute Gasteiger partial charge is 0.282 e. The first-order chi connectivity index (χ1) is 8.58. The van der Waals surface area contributed by atoms with Gasteiger partial charge in [0.25, 0.3) is 0 Å². The fourth-order valence-electron chi connectivity index (χ4n) is 1.40. The lowest BCUT2D eigenvalue weighted by Crippen LogP contribution is -1.85. The maximum Gasteiger partial charge on any atom is 0.123 e. The quantitative estimate of drug-likeness (QED) is 0.798. The van der Waals surface area contributed by atoms with E-state index in [1.807, 2.05) is 6.07 Å². The van der Waals surface area contributed by atoms with Gasteiger partial charge in [-0.25, -0.2) is 4.39 Å². The van der Waals surface area contributed by atoms with Gasteiger partial charge in [0.15, 0.2) is 0 Å². The van der Waals surface area contributed by atoms with E-state index in [1.54, 1.807) is 12.1 Å². The van der Waals surface area contributed by atoms with Crippen molar-refractivity contribution in [2.45, 2.75) is 40.0 Å². The molecule has 2 aromatic rings. The molecular formula is C15H23FN2. The predicted octanol–water partition coefficient (Wildman–Crippen LogP) is 5.00. The van der Waals surface area contributed by atoms with Gasteiger partial charge in [-0.2, -0.15) is 5.10 Å². The molecule has 3 heteroatoms. The van der Waals surface area contributed by atoms with Gasteiger partial charge in [0.2, 0.25) is 0 Å². The van der Waals surface area contributed by atoms with Crippen LogP contribution in [-0.4, -0.2) is 10.2 Å². The highest BCUT2D eigenvalue weighted by Crippen LogP contribution is 2.21. The fraction of sp³-hybridized carbons (Fsp3) is 0.400. The number of rotatable bonds is 2. The summed E-state index contributed by atoms with van der Waals surface area (Å²) in [5.41, 5.74) is 2.88. The predicted molar refractivity (Wildman–Crippen MR) is 76.1 cm³/mol. The van der Waals surface area contributed by atoms with Crippen molar-refractivity contribution < 1.29 is 5.82 Å². The van der Waals surface area contributed by atoms with Crippen molar-refractivity contribution >= 4 is 0 Å². The van der Waals surface area contributed by atoms with Gasteiger partial charge >= 0.3 is 0 Å². The number of hydrogen-bond donors (Lipinski definition) is 1. The van der Waals surface area contributed by atoms with E-state index in [2.05, 4.69) is 37.9 Å². The van der Waals surface area contributed by atoms with E-state index in [0.717, 1.165) is 17.0 Å². The molecular weight excluding hydrogens is 227 g/mol. The van der Waals surface area contributed by atoms with E-state index < -0.39 is 0 Å². The number of H-pyrrole nitrogens is 1. The Morgan fingerprint density at radius 2 is 1.78 bits per heavy atom. The molecule has 0 aliphatic heterocycles. The summed E-state index contributed by atoms with van der Waals surface area (Å²) in [4.78, 5) is 0. The molecule has 18 heavy (non-hydrogen) atoms. The molecule has 0 fully saturated rings. The number of nitrogens with zero attached hydrogens (tertiary/aromatic N) is 1. The summed E-state index contributed by atoms with van der Waals surface area (Å²) in [5.74, 6) is 0.199. The van der Waals surface area contributed by atoms with E-state index in [1.165, 1.54) is 18.6 Å². The van der Waals surface area contributed by atoms with Crippen molar-refractivity contribution in [1.82, 2.24) is 10.2 Å². The zero-order valence-corrected chi connectivity index (χ0v) is 11.5. The molecule has 1 heterocycles. The third-order valence-electron chi connectivity index (χ3n) is 2.36. The molecule has 0 unspecified atom stereocenters. The summed E-state index contributed by atoms with van der Waals surface area (Å²) in [6, 6.07) is 8.35. The van der Waals surface area contributed by atoms with Crippen LogP contribution < -0.4 is 0 Å². The molecule has 0 atom stereocenters. The minimum atomic E-state index is -0.224. The Labute approximate surface area is 110 Å². The summed E-state index contributed by atoms with van der Waals surface area (Å²) in [6.45, 7) is 8.45. The lowest BCUT2D eigenvalue weighted by molar-refractivity contribution is 0.628. The maximum atomic E-state index is 12.7. The first-order valence-electron chi connectivity index (χ1n) is 6.39. The molecule has 2 nitrogen and oxygen atoms in total. The third kappa shape index (κ3) is 3.99. The second-order valence-electron chi connectivity index (χ2n) is 4.58. The van der Waals surface area contributed by atoms with Crippen LogP contribution in [0.5, 0.6) is 0 Å². The summed E-state index contributed by atoms with van der Waals surface area (Å²) < 4.78 is 12.7. The van der Waals surface area contributed by atoms with Gasteiger partial charge < -0.3 is 0 Å². The zero-order chi connectivity index (χ0) is 13.5. The lowest BCUT2D eigenvalue weighted by Gasteiger charge is -1.97. The van der Waals surface area contributed by atoms with Gasteiger partial charge in [-0.3, -0.25) is 5.10 Å². The molecule has 1 aromatic heterocycles. The summed E-state index contributed by atoms with van der Waals surface area (Å²) in [6.07, 6.45) is 1.25. The summed E-state index contributed by atoms with van der Waals surface area (Å²) in [7, 11) is 0. The Bertz CT molecular complexity index is 463. The van der Waals surface area contributed by atoms with Gasteiger partial charge in [0, 0.05) is 12.7 Å². The number of nitrogens with one attached hydrogen (secondary N) is 1. The summed E-state index contributed by atoms with van der Waals surface area (Å²) >= 11 is 0. The molecule has 0 amide bonds. The number of aromatic nitrogens is 2. The SMILES string of the molecule is CC(C)c1cc(-c2ccc(F)cc2)n[nH]1.CCC.[HH]. The van der Waals surface area contributed by atoms with Crippen molar-refractivity contribution in [1.29, 1.82) is 0 Å². The molecule has 1 aromatic carbocycles. The van der Waals surface area contributed by atoms with E-state index in [0.29, 0.717) is 5.92 Å². The highest BCUT2D eigenvalue weighted by Gasteiger charge is 2.06. The fourth-order valence-corrected chi connectivity index (χ4v) is 1.40. The van der Waals surface area contributed by atoms with E-state index >= 15 is 0 Å². The standard InChI is InChI=1S/C12H13FN2.C3H8.H2/c1-8(2)11-7-12(15-14-11)9-3-5-10(13)6-4-9;1-3-2;/h3-8H,1-2H3,(H,14,15);3H2,1-2H3;1H. The average Bonchev–Trinajstić information content (AvgIpc) is 2.80. The third-order valence-corrected chi connectivity index (χ3v) is 2.36. The van der Waals surface area contributed by atoms with Crippen LogP contribution in [0.1, 0.15) is 47.2 Å². The Hall–Kier alpha value is -1.64. The number of hydrogen-bond acceptors (Lipinski definition) is 1. The van der Waals surface area contributed by atoms with Gasteiger partial charge in [-0.05, 0) is 36.2 Å². The van der Waals surface area contributed by atoms with E-state index in [-0.39, 0.29) is 7.24 Å². The van der Waals surface area contributed by atoms with Crippen LogP contribution in [0, 0.1) is 5.82 Å². The molecule has 0 saturated heterocycles. The monoisotopic (exact) mass is 250 g/mol. The molecule has 1 N–H and O–H groups in total. The van der Waals surface area contributed by atoms with E-state index in [9.17, 15) is 4.39 Å². The van der Waals surface area contributed by atoms with Gasteiger partial charge in [0.1, 0.15) is 5.82 Å². The van der Waals surface area contributed by atoms with Crippen LogP contribution in [-0.2, 0) is 0 Å². The van der Waals surface area contributed by atoms with Crippen molar-refractivity contribution in [3.8, 4) is 11.3 Å². The minimum absolute atomic E-state index is 0. The van der Waals surface area contributed by atoms with Gasteiger partial charge in [-0.15, -0.1) is 0 Å². The Morgan fingerprint density at radius 3 is 2.22 bits per heavy atom. The van der Waals surface area contributed by atoms with Crippen LogP contribution in [0.3, 0.4) is 0 Å².